The molecule has 10 rings (SSSR count). The predicted octanol–water partition coefficient (Wildman–Crippen LogP) is 6.97. The average molecular weight is 1130 g/mol. The van der Waals surface area contributed by atoms with E-state index in [0.717, 1.165) is 113 Å². The molecule has 0 atom stereocenters. The normalized spacial score (nSPS) is 16.6. The quantitative estimate of drug-likeness (QED) is 0.0766. The molecule has 3 fully saturated rings. The van der Waals surface area contributed by atoms with Gasteiger partial charge in [-0.05, 0) is 105 Å². The molecule has 21 nitrogen and oxygen atoms in total. The van der Waals surface area contributed by atoms with Gasteiger partial charge in [0.15, 0.2) is 11.6 Å². The number of benzene rings is 4. The van der Waals surface area contributed by atoms with Gasteiger partial charge in [-0.1, -0.05) is 31.2 Å². The largest absolute Gasteiger partial charge is 0.508 e. The fourth-order valence-corrected chi connectivity index (χ4v) is 12.2. The summed E-state index contributed by atoms with van der Waals surface area (Å²) in [6.45, 7) is 15.1. The molecule has 4 N–H and O–H groups in total. The van der Waals surface area contributed by atoms with E-state index >= 15 is 0 Å². The van der Waals surface area contributed by atoms with Crippen LogP contribution in [0.4, 0.5) is 34.5 Å². The number of aromatic nitrogens is 5. The lowest BCUT2D eigenvalue weighted by molar-refractivity contribution is -0.137. The molecule has 0 aliphatic carbocycles. The second-order valence-corrected chi connectivity index (χ2v) is 22.5. The molecule has 0 bridgehead atoms. The van der Waals surface area contributed by atoms with Crippen LogP contribution >= 0.6 is 12.4 Å². The third-order valence-corrected chi connectivity index (χ3v) is 16.6. The number of amides is 3. The number of phenols is 2. The lowest BCUT2D eigenvalue weighted by Crippen LogP contribution is -2.49. The van der Waals surface area contributed by atoms with E-state index in [1.807, 2.05) is 51.1 Å². The first-order valence-electron chi connectivity index (χ1n) is 27.3. The molecule has 0 spiro atoms. The van der Waals surface area contributed by atoms with Gasteiger partial charge in [-0.2, -0.15) is 4.98 Å². The number of nitrogens with one attached hydrogen (secondary N) is 2. The highest BCUT2D eigenvalue weighted by Crippen LogP contribution is 2.42. The number of phenolic OH excluding ortho intramolecular Hbond substituents is 2. The summed E-state index contributed by atoms with van der Waals surface area (Å²) in [6.07, 6.45) is 6.56. The number of halogens is 1. The number of para-hydroxylation sites is 1. The number of hydrogen-bond donors (Lipinski definition) is 4. The molecule has 4 aliphatic heterocycles. The van der Waals surface area contributed by atoms with Crippen LogP contribution in [0.25, 0.3) is 17.1 Å². The maximum atomic E-state index is 13.9. The predicted molar refractivity (Wildman–Crippen MR) is 310 cm³/mol. The molecule has 4 aromatic carbocycles. The van der Waals surface area contributed by atoms with Crippen LogP contribution in [0.15, 0.2) is 85.1 Å². The third kappa shape index (κ3) is 12.0. The van der Waals surface area contributed by atoms with Crippen LogP contribution in [0.1, 0.15) is 78.6 Å². The van der Waals surface area contributed by atoms with Gasteiger partial charge < -0.3 is 45.2 Å². The lowest BCUT2D eigenvalue weighted by atomic mass is 9.91. The second kappa shape index (κ2) is 24.5. The van der Waals surface area contributed by atoms with E-state index in [1.165, 1.54) is 17.2 Å². The molecule has 4 aliphatic rings. The number of nitrogens with zero attached hydrogens (tertiary/aromatic N) is 11. The van der Waals surface area contributed by atoms with Crippen molar-refractivity contribution >= 4 is 74.7 Å². The first-order chi connectivity index (χ1) is 38.1. The molecular formula is C57H70ClN13O8S. The van der Waals surface area contributed by atoms with Gasteiger partial charge in [0.05, 0.1) is 41.6 Å². The van der Waals surface area contributed by atoms with E-state index in [4.69, 9.17) is 4.74 Å². The van der Waals surface area contributed by atoms with Crippen molar-refractivity contribution in [2.75, 3.05) is 105 Å². The number of likely N-dealkylation sites (tertiary alicyclic amines) is 1. The summed E-state index contributed by atoms with van der Waals surface area (Å²) < 4.78 is 35.4. The monoisotopic (exact) mass is 1130 g/mol. The number of piperidine rings is 2. The first kappa shape index (κ1) is 57.2. The van der Waals surface area contributed by atoms with Gasteiger partial charge in [0.25, 0.3) is 11.8 Å². The molecule has 3 saturated heterocycles. The minimum Gasteiger partial charge on any atom is -0.508 e. The minimum absolute atomic E-state index is 0. The number of ether oxygens (including phenoxy) is 1. The summed E-state index contributed by atoms with van der Waals surface area (Å²) in [7, 11) is -2.36. The number of aryl methyl sites for hydroxylation is 1. The molecule has 80 heavy (non-hydrogen) atoms. The third-order valence-electron chi connectivity index (χ3n) is 15.5. The Bertz CT molecular complexity index is 3340. The van der Waals surface area contributed by atoms with Crippen molar-refractivity contribution in [3.8, 4) is 34.3 Å². The highest BCUT2D eigenvalue weighted by Gasteiger charge is 2.36. The van der Waals surface area contributed by atoms with Crippen LogP contribution in [-0.4, -0.2) is 161 Å². The standard InChI is InChI=1S/C57H69N13O8S.ClH/c1-6-39-31-44(49(72)33-48(39)71)51-62-63-53(54(73)58-7-2)69(51)41-15-13-37(14-16-41)35-65-27-29-66(30-28-65)36-38-19-23-68(24-20-38)55(74)40-21-25-67(26-22-40)42-17-18-45(50(32-42)78-8-3)60-57-59-34-47-52(61-57)70(79(5,76)77)46-12-10-9-11-43(46)56(75)64(47)4;/h9-18,31-34,38,40,71-72H,6-8,19-30,35-36H2,1-5H3,(H,58,73)(H,59,60,61);1H. The van der Waals surface area contributed by atoms with E-state index in [0.29, 0.717) is 59.6 Å². The number of aromatic hydroxyl groups is 2. The van der Waals surface area contributed by atoms with Gasteiger partial charge in [-0.3, -0.25) is 23.9 Å². The van der Waals surface area contributed by atoms with Crippen LogP contribution in [0, 0.1) is 11.8 Å². The Morgan fingerprint density at radius 2 is 1.49 bits per heavy atom. The Hall–Kier alpha value is -7.53. The van der Waals surface area contributed by atoms with Gasteiger partial charge in [0.1, 0.15) is 22.9 Å². The Labute approximate surface area is 473 Å². The van der Waals surface area contributed by atoms with E-state index < -0.39 is 10.0 Å². The molecule has 0 unspecified atom stereocenters. The molecule has 6 heterocycles. The fourth-order valence-electron chi connectivity index (χ4n) is 11.2. The molecular weight excluding hydrogens is 1060 g/mol. The Morgan fingerprint density at radius 3 is 2.17 bits per heavy atom. The number of carbonyl (C=O) groups is 3. The minimum atomic E-state index is -3.93. The zero-order valence-electron chi connectivity index (χ0n) is 45.8. The number of carbonyl (C=O) groups excluding carboxylic acids is 3. The van der Waals surface area contributed by atoms with Crippen molar-refractivity contribution < 1.29 is 37.8 Å². The number of hydrogen-bond acceptors (Lipinski definition) is 16. The van der Waals surface area contributed by atoms with Crippen LogP contribution in [-0.2, 0) is 27.8 Å². The van der Waals surface area contributed by atoms with Crippen molar-refractivity contribution in [2.45, 2.75) is 59.4 Å². The van der Waals surface area contributed by atoms with E-state index in [-0.39, 0.29) is 82.1 Å². The number of anilines is 6. The molecule has 0 radical (unpaired) electrons. The molecule has 3 amide bonds. The molecule has 2 aromatic heterocycles. The van der Waals surface area contributed by atoms with Crippen LogP contribution in [0.5, 0.6) is 17.2 Å². The van der Waals surface area contributed by atoms with Crippen molar-refractivity contribution in [1.29, 1.82) is 0 Å². The summed E-state index contributed by atoms with van der Waals surface area (Å²) in [6, 6.07) is 23.4. The first-order valence-corrected chi connectivity index (χ1v) is 29.1. The van der Waals surface area contributed by atoms with Gasteiger partial charge in [0.2, 0.25) is 27.7 Å². The second-order valence-electron chi connectivity index (χ2n) is 20.7. The Balaban J connectivity index is 0.00000774. The van der Waals surface area contributed by atoms with Crippen molar-refractivity contribution in [2.24, 2.45) is 11.8 Å². The maximum Gasteiger partial charge on any atom is 0.289 e. The molecule has 23 heteroatoms. The lowest BCUT2D eigenvalue weighted by Gasteiger charge is -2.40. The highest BCUT2D eigenvalue weighted by molar-refractivity contribution is 7.92. The SMILES string of the molecule is CCNC(=O)c1nnc(-c2cc(CC)c(O)cc2O)n1-c1ccc(CN2CCN(CC3CCN(C(=O)C4CCN(c5ccc(Nc6ncc7c(n6)N(S(C)(=O)=O)c6ccccc6C(=O)N7C)c(OCC)c5)CC4)CC3)CC2)cc1.Cl. The number of sulfonamides is 1. The smallest absolute Gasteiger partial charge is 0.289 e. The molecule has 6 aromatic rings. The maximum absolute atomic E-state index is 13.9. The summed E-state index contributed by atoms with van der Waals surface area (Å²) in [5.74, 6) is 0.984. The number of rotatable bonds is 16. The molecule has 0 saturated carbocycles. The van der Waals surface area contributed by atoms with E-state index in [1.54, 1.807) is 41.9 Å². The Kier molecular flexibility index (Phi) is 17.5. The van der Waals surface area contributed by atoms with Crippen LogP contribution in [0.3, 0.4) is 0 Å². The van der Waals surface area contributed by atoms with Crippen molar-refractivity contribution in [3.63, 3.8) is 0 Å². The van der Waals surface area contributed by atoms with E-state index in [2.05, 4.69) is 62.5 Å². The van der Waals surface area contributed by atoms with Crippen LogP contribution < -0.4 is 29.5 Å². The number of piperazine rings is 1. The summed E-state index contributed by atoms with van der Waals surface area (Å²) in [5, 5.41) is 35.8. The topological polar surface area (TPSA) is 235 Å². The van der Waals surface area contributed by atoms with Crippen molar-refractivity contribution in [3.05, 3.63) is 108 Å². The van der Waals surface area contributed by atoms with Gasteiger partial charge >= 0.3 is 0 Å². The highest BCUT2D eigenvalue weighted by atomic mass is 35.5. The number of fused-ring (bicyclic) bond motifs is 2. The zero-order valence-corrected chi connectivity index (χ0v) is 47.5. The van der Waals surface area contributed by atoms with Crippen LogP contribution in [0.2, 0.25) is 0 Å². The summed E-state index contributed by atoms with van der Waals surface area (Å²) in [5.41, 5.74) is 5.05. The summed E-state index contributed by atoms with van der Waals surface area (Å²) in [4.78, 5) is 60.4. The van der Waals surface area contributed by atoms with Gasteiger partial charge in [0, 0.05) is 108 Å². The molecule has 424 valence electrons. The van der Waals surface area contributed by atoms with Gasteiger partial charge in [-0.25, -0.2) is 17.7 Å². The zero-order chi connectivity index (χ0) is 55.5. The summed E-state index contributed by atoms with van der Waals surface area (Å²) >= 11 is 0. The average Bonchev–Trinajstić information content (AvgIpc) is 3.86. The fraction of sp³-hybridized carbons (Fsp3) is 0.421. The van der Waals surface area contributed by atoms with E-state index in [9.17, 15) is 33.0 Å². The Morgan fingerprint density at radius 1 is 0.787 bits per heavy atom. The van der Waals surface area contributed by atoms with Crippen molar-refractivity contribution in [1.82, 2.24) is 44.7 Å². The van der Waals surface area contributed by atoms with Gasteiger partial charge in [-0.15, -0.1) is 22.6 Å².